The first-order valence-electron chi connectivity index (χ1n) is 8.27. The standard InChI is InChI=1S/C19H25FN2O3/c1-19(2,3)25-18(24)22-10-8-13(9-11-22)15-7-6-14(12-16(15)20)17(23)21(4)5/h6-8,12H,9-11H2,1-5H3. The van der Waals surface area contributed by atoms with Gasteiger partial charge < -0.3 is 14.5 Å². The summed E-state index contributed by atoms with van der Waals surface area (Å²) in [7, 11) is 3.26. The molecule has 6 heteroatoms. The zero-order valence-corrected chi connectivity index (χ0v) is 15.4. The van der Waals surface area contributed by atoms with Gasteiger partial charge in [0.1, 0.15) is 11.4 Å². The van der Waals surface area contributed by atoms with Gasteiger partial charge in [-0.25, -0.2) is 9.18 Å². The molecule has 0 unspecified atom stereocenters. The van der Waals surface area contributed by atoms with Crippen molar-refractivity contribution >= 4 is 17.6 Å². The number of amides is 2. The summed E-state index contributed by atoms with van der Waals surface area (Å²) in [4.78, 5) is 27.0. The lowest BCUT2D eigenvalue weighted by Crippen LogP contribution is -2.39. The van der Waals surface area contributed by atoms with Crippen LogP contribution >= 0.6 is 0 Å². The van der Waals surface area contributed by atoms with Gasteiger partial charge >= 0.3 is 6.09 Å². The fourth-order valence-electron chi connectivity index (χ4n) is 2.57. The molecule has 0 aliphatic carbocycles. The van der Waals surface area contributed by atoms with Gasteiger partial charge in [-0.1, -0.05) is 12.1 Å². The molecule has 1 aliphatic heterocycles. The van der Waals surface area contributed by atoms with E-state index >= 15 is 0 Å². The van der Waals surface area contributed by atoms with Gasteiger partial charge in [0.05, 0.1) is 0 Å². The predicted molar refractivity (Wildman–Crippen MR) is 94.8 cm³/mol. The lowest BCUT2D eigenvalue weighted by atomic mass is 9.97. The van der Waals surface area contributed by atoms with Gasteiger partial charge in [0.15, 0.2) is 0 Å². The molecule has 0 saturated heterocycles. The van der Waals surface area contributed by atoms with Crippen molar-refractivity contribution in [3.8, 4) is 0 Å². The molecule has 5 nitrogen and oxygen atoms in total. The summed E-state index contributed by atoms with van der Waals surface area (Å²) in [6.07, 6.45) is 2.01. The molecular weight excluding hydrogens is 323 g/mol. The Kier molecular flexibility index (Phi) is 5.50. The van der Waals surface area contributed by atoms with E-state index in [0.29, 0.717) is 30.6 Å². The Balaban J connectivity index is 2.11. The number of rotatable bonds is 2. The van der Waals surface area contributed by atoms with Crippen molar-refractivity contribution in [1.29, 1.82) is 0 Å². The Morgan fingerprint density at radius 1 is 1.24 bits per heavy atom. The molecule has 0 saturated carbocycles. The summed E-state index contributed by atoms with van der Waals surface area (Å²) in [5.41, 5.74) is 1.08. The van der Waals surface area contributed by atoms with Crippen molar-refractivity contribution in [3.05, 3.63) is 41.2 Å². The smallest absolute Gasteiger partial charge is 0.410 e. The van der Waals surface area contributed by atoms with E-state index in [1.807, 2.05) is 26.8 Å². The van der Waals surface area contributed by atoms with Gasteiger partial charge in [0.2, 0.25) is 0 Å². The first-order chi connectivity index (χ1) is 11.6. The first-order valence-corrected chi connectivity index (χ1v) is 8.27. The van der Waals surface area contributed by atoms with Crippen LogP contribution in [0.1, 0.15) is 43.1 Å². The minimum Gasteiger partial charge on any atom is -0.444 e. The second-order valence-corrected chi connectivity index (χ2v) is 7.30. The quantitative estimate of drug-likeness (QED) is 0.821. The summed E-state index contributed by atoms with van der Waals surface area (Å²) >= 11 is 0. The van der Waals surface area contributed by atoms with E-state index in [9.17, 15) is 14.0 Å². The maximum absolute atomic E-state index is 14.4. The van der Waals surface area contributed by atoms with Crippen LogP contribution in [0.15, 0.2) is 24.3 Å². The fraction of sp³-hybridized carbons (Fsp3) is 0.474. The molecule has 1 aromatic carbocycles. The minimum absolute atomic E-state index is 0.237. The molecule has 1 aromatic rings. The van der Waals surface area contributed by atoms with Gasteiger partial charge in [-0.2, -0.15) is 0 Å². The predicted octanol–water partition coefficient (Wildman–Crippen LogP) is 3.55. The molecule has 1 heterocycles. The van der Waals surface area contributed by atoms with Crippen LogP contribution in [-0.4, -0.2) is 54.6 Å². The molecule has 0 aromatic heterocycles. The fourth-order valence-corrected chi connectivity index (χ4v) is 2.57. The molecule has 136 valence electrons. The van der Waals surface area contributed by atoms with Crippen molar-refractivity contribution in [2.75, 3.05) is 27.2 Å². The molecule has 2 amide bonds. The van der Waals surface area contributed by atoms with Crippen molar-refractivity contribution in [2.45, 2.75) is 32.8 Å². The van der Waals surface area contributed by atoms with Crippen molar-refractivity contribution in [2.24, 2.45) is 0 Å². The lowest BCUT2D eigenvalue weighted by Gasteiger charge is -2.29. The zero-order chi connectivity index (χ0) is 18.8. The Labute approximate surface area is 148 Å². The Morgan fingerprint density at radius 3 is 2.40 bits per heavy atom. The zero-order valence-electron chi connectivity index (χ0n) is 15.4. The Hall–Kier alpha value is -2.37. The summed E-state index contributed by atoms with van der Waals surface area (Å²) < 4.78 is 19.8. The van der Waals surface area contributed by atoms with Crippen LogP contribution in [0.3, 0.4) is 0 Å². The van der Waals surface area contributed by atoms with E-state index in [1.165, 1.54) is 11.0 Å². The topological polar surface area (TPSA) is 49.9 Å². The van der Waals surface area contributed by atoms with E-state index in [1.54, 1.807) is 31.1 Å². The monoisotopic (exact) mass is 348 g/mol. The minimum atomic E-state index is -0.540. The summed E-state index contributed by atoms with van der Waals surface area (Å²) in [5, 5.41) is 0. The second kappa shape index (κ2) is 7.25. The largest absolute Gasteiger partial charge is 0.444 e. The molecule has 25 heavy (non-hydrogen) atoms. The molecule has 0 atom stereocenters. The van der Waals surface area contributed by atoms with Crippen LogP contribution in [0.5, 0.6) is 0 Å². The average molecular weight is 348 g/mol. The van der Waals surface area contributed by atoms with Crippen LogP contribution in [0.25, 0.3) is 5.57 Å². The highest BCUT2D eigenvalue weighted by Gasteiger charge is 2.24. The van der Waals surface area contributed by atoms with Crippen LogP contribution in [0, 0.1) is 5.82 Å². The van der Waals surface area contributed by atoms with Crippen LogP contribution in [0.4, 0.5) is 9.18 Å². The number of hydrogen-bond acceptors (Lipinski definition) is 3. The molecule has 1 aliphatic rings. The van der Waals surface area contributed by atoms with Gasteiger partial charge in [-0.15, -0.1) is 0 Å². The lowest BCUT2D eigenvalue weighted by molar-refractivity contribution is 0.0270. The Morgan fingerprint density at radius 2 is 1.92 bits per heavy atom. The number of halogens is 1. The SMILES string of the molecule is CN(C)C(=O)c1ccc(C2=CCN(C(=O)OC(C)(C)C)CC2)c(F)c1. The van der Waals surface area contributed by atoms with Crippen LogP contribution in [0.2, 0.25) is 0 Å². The molecule has 0 bridgehead atoms. The summed E-state index contributed by atoms with van der Waals surface area (Å²) in [6, 6.07) is 4.52. The molecule has 2 rings (SSSR count). The Bertz CT molecular complexity index is 705. The number of nitrogens with zero attached hydrogens (tertiary/aromatic N) is 2. The van der Waals surface area contributed by atoms with E-state index in [2.05, 4.69) is 0 Å². The molecular formula is C19H25FN2O3. The van der Waals surface area contributed by atoms with Crippen molar-refractivity contribution in [1.82, 2.24) is 9.80 Å². The van der Waals surface area contributed by atoms with E-state index in [-0.39, 0.29) is 12.0 Å². The average Bonchev–Trinajstić information content (AvgIpc) is 2.52. The van der Waals surface area contributed by atoms with Crippen molar-refractivity contribution in [3.63, 3.8) is 0 Å². The second-order valence-electron chi connectivity index (χ2n) is 7.30. The molecule has 0 spiro atoms. The first kappa shape index (κ1) is 19.0. The van der Waals surface area contributed by atoms with E-state index in [0.717, 1.165) is 5.57 Å². The highest BCUT2D eigenvalue weighted by Crippen LogP contribution is 2.26. The van der Waals surface area contributed by atoms with Crippen LogP contribution < -0.4 is 0 Å². The number of carbonyl (C=O) groups excluding carboxylic acids is 2. The molecule has 0 N–H and O–H groups in total. The third kappa shape index (κ3) is 4.81. The third-order valence-corrected chi connectivity index (χ3v) is 3.83. The maximum atomic E-state index is 14.4. The van der Waals surface area contributed by atoms with Crippen LogP contribution in [-0.2, 0) is 4.74 Å². The number of benzene rings is 1. The van der Waals surface area contributed by atoms with Gasteiger partial charge in [-0.3, -0.25) is 4.79 Å². The number of hydrogen-bond donors (Lipinski definition) is 0. The summed E-state index contributed by atoms with van der Waals surface area (Å²) in [6.45, 7) is 6.31. The third-order valence-electron chi connectivity index (χ3n) is 3.83. The van der Waals surface area contributed by atoms with E-state index in [4.69, 9.17) is 4.74 Å². The number of carbonyl (C=O) groups is 2. The summed E-state index contributed by atoms with van der Waals surface area (Å²) in [5.74, 6) is -0.663. The number of ether oxygens (including phenoxy) is 1. The van der Waals surface area contributed by atoms with E-state index < -0.39 is 11.4 Å². The highest BCUT2D eigenvalue weighted by atomic mass is 19.1. The van der Waals surface area contributed by atoms with Crippen molar-refractivity contribution < 1.29 is 18.7 Å². The molecule has 0 fully saturated rings. The normalized spacial score (nSPS) is 14.8. The van der Waals surface area contributed by atoms with Gasteiger partial charge in [-0.05, 0) is 44.9 Å². The molecule has 0 radical (unpaired) electrons. The van der Waals surface area contributed by atoms with Gasteiger partial charge in [0.25, 0.3) is 5.91 Å². The van der Waals surface area contributed by atoms with Gasteiger partial charge in [0, 0.05) is 38.3 Å². The highest BCUT2D eigenvalue weighted by molar-refractivity contribution is 5.94. The maximum Gasteiger partial charge on any atom is 0.410 e.